The highest BCUT2D eigenvalue weighted by Gasteiger charge is 2.13. The van der Waals surface area contributed by atoms with Crippen molar-refractivity contribution in [1.29, 1.82) is 0 Å². The van der Waals surface area contributed by atoms with Gasteiger partial charge >= 0.3 is 0 Å². The van der Waals surface area contributed by atoms with Crippen LogP contribution in [0.5, 0.6) is 5.75 Å². The maximum Gasteiger partial charge on any atom is 0.257 e. The van der Waals surface area contributed by atoms with E-state index in [9.17, 15) is 4.79 Å². The summed E-state index contributed by atoms with van der Waals surface area (Å²) in [6, 6.07) is 14.9. The standard InChI is InChI=1S/C18H15BrN2O2S/c1-11-16(12-3-7-14(19)8-4-12)20-18(24-11)21-17(22)13-5-9-15(23-2)10-6-13/h3-10H,1-2H3,(H,20,21,22). The van der Waals surface area contributed by atoms with E-state index < -0.39 is 0 Å². The summed E-state index contributed by atoms with van der Waals surface area (Å²) in [5.41, 5.74) is 2.48. The number of rotatable bonds is 4. The summed E-state index contributed by atoms with van der Waals surface area (Å²) in [6.45, 7) is 2.00. The van der Waals surface area contributed by atoms with Gasteiger partial charge in [-0.3, -0.25) is 10.1 Å². The predicted octanol–water partition coefficient (Wildman–Crippen LogP) is 5.14. The number of halogens is 1. The molecular weight excluding hydrogens is 388 g/mol. The number of carbonyl (C=O) groups excluding carboxylic acids is 1. The molecule has 0 fully saturated rings. The Bertz CT molecular complexity index is 858. The molecule has 4 nitrogen and oxygen atoms in total. The van der Waals surface area contributed by atoms with E-state index in [1.807, 2.05) is 31.2 Å². The number of thiazole rings is 1. The Morgan fingerprint density at radius 1 is 1.12 bits per heavy atom. The van der Waals surface area contributed by atoms with Crippen molar-refractivity contribution in [3.63, 3.8) is 0 Å². The quantitative estimate of drug-likeness (QED) is 0.656. The average molecular weight is 403 g/mol. The smallest absolute Gasteiger partial charge is 0.257 e. The lowest BCUT2D eigenvalue weighted by Crippen LogP contribution is -2.11. The van der Waals surface area contributed by atoms with E-state index in [0.717, 1.165) is 20.6 Å². The molecule has 2 aromatic carbocycles. The zero-order valence-electron chi connectivity index (χ0n) is 13.2. The van der Waals surface area contributed by atoms with Gasteiger partial charge in [-0.15, -0.1) is 11.3 Å². The van der Waals surface area contributed by atoms with E-state index in [0.29, 0.717) is 16.4 Å². The van der Waals surface area contributed by atoms with Crippen LogP contribution in [-0.2, 0) is 0 Å². The van der Waals surface area contributed by atoms with Gasteiger partial charge in [-0.05, 0) is 43.3 Å². The minimum atomic E-state index is -0.186. The molecular formula is C18H15BrN2O2S. The fraction of sp³-hybridized carbons (Fsp3) is 0.111. The molecule has 122 valence electrons. The molecule has 1 aromatic heterocycles. The number of ether oxygens (including phenoxy) is 1. The Labute approximate surface area is 152 Å². The molecule has 1 N–H and O–H groups in total. The highest BCUT2D eigenvalue weighted by molar-refractivity contribution is 9.10. The monoisotopic (exact) mass is 402 g/mol. The van der Waals surface area contributed by atoms with Crippen LogP contribution >= 0.6 is 27.3 Å². The van der Waals surface area contributed by atoms with Crippen molar-refractivity contribution in [1.82, 2.24) is 4.98 Å². The van der Waals surface area contributed by atoms with Gasteiger partial charge in [0.25, 0.3) is 5.91 Å². The van der Waals surface area contributed by atoms with Gasteiger partial charge in [0.1, 0.15) is 5.75 Å². The van der Waals surface area contributed by atoms with E-state index in [1.165, 1.54) is 11.3 Å². The summed E-state index contributed by atoms with van der Waals surface area (Å²) in [5, 5.41) is 3.45. The third-order valence-corrected chi connectivity index (χ3v) is 4.90. The summed E-state index contributed by atoms with van der Waals surface area (Å²) in [6.07, 6.45) is 0. The number of methoxy groups -OCH3 is 1. The highest BCUT2D eigenvalue weighted by atomic mass is 79.9. The fourth-order valence-corrected chi connectivity index (χ4v) is 3.33. The molecule has 24 heavy (non-hydrogen) atoms. The molecule has 3 rings (SSSR count). The van der Waals surface area contributed by atoms with Gasteiger partial charge < -0.3 is 4.74 Å². The number of benzene rings is 2. The molecule has 0 atom stereocenters. The van der Waals surface area contributed by atoms with E-state index in [4.69, 9.17) is 4.74 Å². The highest BCUT2D eigenvalue weighted by Crippen LogP contribution is 2.31. The Kier molecular flexibility index (Phi) is 4.97. The number of anilines is 1. The first-order valence-corrected chi connectivity index (χ1v) is 8.86. The normalized spacial score (nSPS) is 10.5. The number of hydrogen-bond donors (Lipinski definition) is 1. The van der Waals surface area contributed by atoms with Crippen LogP contribution in [0, 0.1) is 6.92 Å². The van der Waals surface area contributed by atoms with Crippen LogP contribution in [0.25, 0.3) is 11.3 Å². The Hall–Kier alpha value is -2.18. The molecule has 3 aromatic rings. The Morgan fingerprint density at radius 2 is 1.79 bits per heavy atom. The summed E-state index contributed by atoms with van der Waals surface area (Å²) in [7, 11) is 1.59. The maximum atomic E-state index is 12.3. The molecule has 0 unspecified atom stereocenters. The lowest BCUT2D eigenvalue weighted by molar-refractivity contribution is 0.102. The molecule has 1 heterocycles. The van der Waals surface area contributed by atoms with Crippen molar-refractivity contribution in [2.45, 2.75) is 6.92 Å². The minimum absolute atomic E-state index is 0.186. The van der Waals surface area contributed by atoms with Crippen LogP contribution in [0.15, 0.2) is 53.0 Å². The van der Waals surface area contributed by atoms with E-state index in [-0.39, 0.29) is 5.91 Å². The van der Waals surface area contributed by atoms with E-state index >= 15 is 0 Å². The van der Waals surface area contributed by atoms with Crippen LogP contribution in [0.2, 0.25) is 0 Å². The molecule has 0 bridgehead atoms. The lowest BCUT2D eigenvalue weighted by Gasteiger charge is -2.03. The van der Waals surface area contributed by atoms with Crippen molar-refractivity contribution in [3.8, 4) is 17.0 Å². The van der Waals surface area contributed by atoms with Crippen molar-refractivity contribution in [2.75, 3.05) is 12.4 Å². The third kappa shape index (κ3) is 3.66. The number of hydrogen-bond acceptors (Lipinski definition) is 4. The number of aromatic nitrogens is 1. The maximum absolute atomic E-state index is 12.3. The number of carbonyl (C=O) groups is 1. The van der Waals surface area contributed by atoms with Crippen LogP contribution in [0.3, 0.4) is 0 Å². The Balaban J connectivity index is 1.79. The van der Waals surface area contributed by atoms with E-state index in [1.54, 1.807) is 31.4 Å². The molecule has 0 saturated carbocycles. The third-order valence-electron chi connectivity index (χ3n) is 3.49. The topological polar surface area (TPSA) is 51.2 Å². The van der Waals surface area contributed by atoms with Gasteiger partial charge in [-0.25, -0.2) is 4.98 Å². The molecule has 0 aliphatic rings. The minimum Gasteiger partial charge on any atom is -0.497 e. The number of aryl methyl sites for hydroxylation is 1. The second kappa shape index (κ2) is 7.15. The SMILES string of the molecule is COc1ccc(C(=O)Nc2nc(-c3ccc(Br)cc3)c(C)s2)cc1. The Morgan fingerprint density at radius 3 is 2.42 bits per heavy atom. The number of nitrogens with zero attached hydrogens (tertiary/aromatic N) is 1. The van der Waals surface area contributed by atoms with Crippen molar-refractivity contribution in [2.24, 2.45) is 0 Å². The summed E-state index contributed by atoms with van der Waals surface area (Å²) in [5.74, 6) is 0.530. The molecule has 0 aliphatic heterocycles. The number of nitrogens with one attached hydrogen (secondary N) is 1. The van der Waals surface area contributed by atoms with Crippen LogP contribution in [-0.4, -0.2) is 18.0 Å². The lowest BCUT2D eigenvalue weighted by atomic mass is 10.1. The molecule has 0 aliphatic carbocycles. The van der Waals surface area contributed by atoms with Gasteiger partial charge in [0.2, 0.25) is 0 Å². The van der Waals surface area contributed by atoms with Crippen molar-refractivity contribution < 1.29 is 9.53 Å². The second-order valence-electron chi connectivity index (χ2n) is 5.11. The number of amides is 1. The molecule has 6 heteroatoms. The largest absolute Gasteiger partial charge is 0.497 e. The first-order chi connectivity index (χ1) is 11.6. The first-order valence-electron chi connectivity index (χ1n) is 7.25. The predicted molar refractivity (Wildman–Crippen MR) is 101 cm³/mol. The van der Waals surface area contributed by atoms with Gasteiger partial charge in [0.05, 0.1) is 12.8 Å². The molecule has 0 saturated heterocycles. The summed E-state index contributed by atoms with van der Waals surface area (Å²) in [4.78, 5) is 17.9. The summed E-state index contributed by atoms with van der Waals surface area (Å²) >= 11 is 4.89. The fourth-order valence-electron chi connectivity index (χ4n) is 2.24. The molecule has 0 radical (unpaired) electrons. The van der Waals surface area contributed by atoms with Crippen molar-refractivity contribution >= 4 is 38.3 Å². The van der Waals surface area contributed by atoms with Gasteiger partial charge in [0, 0.05) is 20.5 Å². The summed E-state index contributed by atoms with van der Waals surface area (Å²) < 4.78 is 6.12. The van der Waals surface area contributed by atoms with Gasteiger partial charge in [-0.2, -0.15) is 0 Å². The second-order valence-corrected chi connectivity index (χ2v) is 7.23. The zero-order chi connectivity index (χ0) is 17.1. The zero-order valence-corrected chi connectivity index (χ0v) is 15.6. The first kappa shape index (κ1) is 16.7. The van der Waals surface area contributed by atoms with Gasteiger partial charge in [-0.1, -0.05) is 28.1 Å². The molecule has 0 spiro atoms. The van der Waals surface area contributed by atoms with Crippen LogP contribution in [0.1, 0.15) is 15.2 Å². The average Bonchev–Trinajstić information content (AvgIpc) is 2.96. The van der Waals surface area contributed by atoms with Crippen molar-refractivity contribution in [3.05, 3.63) is 63.4 Å². The van der Waals surface area contributed by atoms with E-state index in [2.05, 4.69) is 26.2 Å². The van der Waals surface area contributed by atoms with Crippen LogP contribution in [0.4, 0.5) is 5.13 Å². The van der Waals surface area contributed by atoms with Gasteiger partial charge in [0.15, 0.2) is 5.13 Å². The van der Waals surface area contributed by atoms with Crippen LogP contribution < -0.4 is 10.1 Å². The molecule has 1 amide bonds.